The number of aromatic nitrogens is 3. The van der Waals surface area contributed by atoms with Crippen LogP contribution in [0.3, 0.4) is 0 Å². The molecule has 0 spiro atoms. The maximum atomic E-state index is 12.5. The zero-order valence-corrected chi connectivity index (χ0v) is 15.4. The Balaban J connectivity index is 1.67. The van der Waals surface area contributed by atoms with Crippen molar-refractivity contribution in [2.45, 2.75) is 6.10 Å². The maximum absolute atomic E-state index is 12.5. The molecule has 1 aliphatic rings. The van der Waals surface area contributed by atoms with Gasteiger partial charge in [0.05, 0.1) is 30.5 Å². The lowest BCUT2D eigenvalue weighted by atomic mass is 10.1. The lowest BCUT2D eigenvalue weighted by molar-refractivity contribution is 0.0389. The molecule has 0 bridgehead atoms. The van der Waals surface area contributed by atoms with Crippen molar-refractivity contribution < 1.29 is 4.74 Å². The molecule has 0 unspecified atom stereocenters. The molecule has 140 valence electrons. The standard InChI is InChI=1S/C21H19N5O2/c1-25-20(27)12-18(16-5-7-23-8-6-16)24-21(25)26-9-10-28-19(14-26)17-4-2-3-15(11-17)13-22/h2-8,11-12,19H,9-10,14H2,1H3/t19-/m1/s1. The molecule has 0 N–H and O–H groups in total. The van der Waals surface area contributed by atoms with Crippen LogP contribution in [0.1, 0.15) is 17.2 Å². The maximum Gasteiger partial charge on any atom is 0.255 e. The van der Waals surface area contributed by atoms with Gasteiger partial charge in [0.1, 0.15) is 6.10 Å². The molecule has 3 heterocycles. The molecular formula is C21H19N5O2. The number of benzene rings is 1. The van der Waals surface area contributed by atoms with Gasteiger partial charge < -0.3 is 9.64 Å². The Morgan fingerprint density at radius 2 is 2.04 bits per heavy atom. The Kier molecular flexibility index (Phi) is 4.87. The average molecular weight is 373 g/mol. The number of hydrogen-bond acceptors (Lipinski definition) is 6. The van der Waals surface area contributed by atoms with Gasteiger partial charge >= 0.3 is 0 Å². The minimum absolute atomic E-state index is 0.119. The molecule has 0 radical (unpaired) electrons. The molecule has 1 aliphatic heterocycles. The number of ether oxygens (including phenoxy) is 1. The van der Waals surface area contributed by atoms with Crippen LogP contribution >= 0.6 is 0 Å². The molecule has 1 atom stereocenters. The number of morpholine rings is 1. The molecule has 7 nitrogen and oxygen atoms in total. The van der Waals surface area contributed by atoms with Crippen LogP contribution in [-0.4, -0.2) is 34.2 Å². The summed E-state index contributed by atoms with van der Waals surface area (Å²) >= 11 is 0. The lowest BCUT2D eigenvalue weighted by Gasteiger charge is -2.34. The molecule has 1 saturated heterocycles. The highest BCUT2D eigenvalue weighted by molar-refractivity contribution is 5.59. The number of anilines is 1. The SMILES string of the molecule is Cn1c(N2CCO[C@@H](c3cccc(C#N)c3)C2)nc(-c2ccncc2)cc1=O. The number of pyridine rings is 1. The third-order valence-electron chi connectivity index (χ3n) is 4.82. The Labute approximate surface area is 162 Å². The lowest BCUT2D eigenvalue weighted by Crippen LogP contribution is -2.41. The van der Waals surface area contributed by atoms with E-state index >= 15 is 0 Å². The molecular weight excluding hydrogens is 354 g/mol. The summed E-state index contributed by atoms with van der Waals surface area (Å²) in [6.07, 6.45) is 3.17. The van der Waals surface area contributed by atoms with E-state index < -0.39 is 0 Å². The minimum Gasteiger partial charge on any atom is -0.370 e. The van der Waals surface area contributed by atoms with Crippen LogP contribution in [0.5, 0.6) is 0 Å². The molecule has 3 aromatic rings. The summed E-state index contributed by atoms with van der Waals surface area (Å²) in [4.78, 5) is 23.3. The fourth-order valence-electron chi connectivity index (χ4n) is 3.32. The van der Waals surface area contributed by atoms with E-state index in [4.69, 9.17) is 15.0 Å². The molecule has 1 aromatic carbocycles. The van der Waals surface area contributed by atoms with E-state index in [-0.39, 0.29) is 11.7 Å². The van der Waals surface area contributed by atoms with E-state index in [0.717, 1.165) is 11.1 Å². The predicted octanol–water partition coefficient (Wildman–Crippen LogP) is 2.29. The molecule has 7 heteroatoms. The normalized spacial score (nSPS) is 16.6. The summed E-state index contributed by atoms with van der Waals surface area (Å²) in [6.45, 7) is 1.69. The van der Waals surface area contributed by atoms with Gasteiger partial charge in [-0.3, -0.25) is 14.3 Å². The van der Waals surface area contributed by atoms with Gasteiger partial charge in [0, 0.05) is 37.6 Å². The van der Waals surface area contributed by atoms with Crippen LogP contribution in [0.2, 0.25) is 0 Å². The summed E-state index contributed by atoms with van der Waals surface area (Å²) < 4.78 is 7.48. The monoisotopic (exact) mass is 373 g/mol. The fraction of sp³-hybridized carbons (Fsp3) is 0.238. The molecule has 0 amide bonds. The Hall–Kier alpha value is -3.50. The Bertz CT molecular complexity index is 1090. The second kappa shape index (κ2) is 7.62. The van der Waals surface area contributed by atoms with Crippen molar-refractivity contribution in [3.05, 3.63) is 76.3 Å². The third kappa shape index (κ3) is 3.50. The van der Waals surface area contributed by atoms with Gasteiger partial charge in [0.25, 0.3) is 5.56 Å². The van der Waals surface area contributed by atoms with E-state index in [0.29, 0.717) is 36.9 Å². The van der Waals surface area contributed by atoms with Crippen LogP contribution in [0.15, 0.2) is 59.7 Å². The van der Waals surface area contributed by atoms with E-state index in [2.05, 4.69) is 16.0 Å². The average Bonchev–Trinajstić information content (AvgIpc) is 2.76. The first kappa shape index (κ1) is 17.9. The Morgan fingerprint density at radius 3 is 2.82 bits per heavy atom. The number of hydrogen-bond donors (Lipinski definition) is 0. The smallest absolute Gasteiger partial charge is 0.255 e. The van der Waals surface area contributed by atoms with Crippen molar-refractivity contribution in [1.29, 1.82) is 5.26 Å². The topological polar surface area (TPSA) is 84.0 Å². The van der Waals surface area contributed by atoms with Gasteiger partial charge in [-0.2, -0.15) is 5.26 Å². The van der Waals surface area contributed by atoms with Gasteiger partial charge in [-0.15, -0.1) is 0 Å². The molecule has 1 fully saturated rings. The number of nitrogens with zero attached hydrogens (tertiary/aromatic N) is 5. The summed E-state index contributed by atoms with van der Waals surface area (Å²) in [5.74, 6) is 0.601. The van der Waals surface area contributed by atoms with Crippen molar-refractivity contribution in [2.75, 3.05) is 24.6 Å². The quantitative estimate of drug-likeness (QED) is 0.700. The fourth-order valence-corrected chi connectivity index (χ4v) is 3.32. The van der Waals surface area contributed by atoms with E-state index in [1.165, 1.54) is 6.07 Å². The van der Waals surface area contributed by atoms with Gasteiger partial charge in [-0.25, -0.2) is 4.98 Å². The number of rotatable bonds is 3. The van der Waals surface area contributed by atoms with E-state index in [9.17, 15) is 4.79 Å². The van der Waals surface area contributed by atoms with Crippen LogP contribution < -0.4 is 10.5 Å². The van der Waals surface area contributed by atoms with Gasteiger partial charge in [-0.05, 0) is 29.8 Å². The third-order valence-corrected chi connectivity index (χ3v) is 4.82. The van der Waals surface area contributed by atoms with Gasteiger partial charge in [0.2, 0.25) is 5.95 Å². The highest BCUT2D eigenvalue weighted by atomic mass is 16.5. The zero-order valence-electron chi connectivity index (χ0n) is 15.4. The van der Waals surface area contributed by atoms with Crippen molar-refractivity contribution >= 4 is 5.95 Å². The predicted molar refractivity (Wildman–Crippen MR) is 105 cm³/mol. The molecule has 28 heavy (non-hydrogen) atoms. The zero-order chi connectivity index (χ0) is 19.5. The van der Waals surface area contributed by atoms with Crippen LogP contribution in [-0.2, 0) is 11.8 Å². The highest BCUT2D eigenvalue weighted by Gasteiger charge is 2.25. The van der Waals surface area contributed by atoms with Crippen molar-refractivity contribution in [3.8, 4) is 17.3 Å². The van der Waals surface area contributed by atoms with E-state index in [1.807, 2.05) is 30.3 Å². The summed E-state index contributed by atoms with van der Waals surface area (Å²) in [5, 5.41) is 9.14. The van der Waals surface area contributed by atoms with E-state index in [1.54, 1.807) is 30.1 Å². The van der Waals surface area contributed by atoms with Crippen LogP contribution in [0.4, 0.5) is 5.95 Å². The Morgan fingerprint density at radius 1 is 1.21 bits per heavy atom. The molecule has 0 aliphatic carbocycles. The van der Waals surface area contributed by atoms with Crippen molar-refractivity contribution in [1.82, 2.24) is 14.5 Å². The van der Waals surface area contributed by atoms with Gasteiger partial charge in [0.15, 0.2) is 0 Å². The first-order chi connectivity index (χ1) is 13.7. The summed E-state index contributed by atoms with van der Waals surface area (Å²) in [7, 11) is 1.72. The first-order valence-electron chi connectivity index (χ1n) is 9.01. The molecule has 0 saturated carbocycles. The largest absolute Gasteiger partial charge is 0.370 e. The molecule has 2 aromatic heterocycles. The summed E-state index contributed by atoms with van der Waals surface area (Å²) in [5.41, 5.74) is 2.89. The van der Waals surface area contributed by atoms with Crippen LogP contribution in [0, 0.1) is 11.3 Å². The van der Waals surface area contributed by atoms with Crippen LogP contribution in [0.25, 0.3) is 11.3 Å². The van der Waals surface area contributed by atoms with Crippen molar-refractivity contribution in [3.63, 3.8) is 0 Å². The first-order valence-corrected chi connectivity index (χ1v) is 9.01. The number of nitriles is 1. The second-order valence-corrected chi connectivity index (χ2v) is 6.62. The highest BCUT2D eigenvalue weighted by Crippen LogP contribution is 2.26. The minimum atomic E-state index is -0.191. The van der Waals surface area contributed by atoms with Crippen molar-refractivity contribution in [2.24, 2.45) is 7.05 Å². The summed E-state index contributed by atoms with van der Waals surface area (Å²) in [6, 6.07) is 14.8. The molecule has 4 rings (SSSR count). The van der Waals surface area contributed by atoms with Gasteiger partial charge in [-0.1, -0.05) is 12.1 Å². The second-order valence-electron chi connectivity index (χ2n) is 6.62.